The van der Waals surface area contributed by atoms with Gasteiger partial charge < -0.3 is 9.64 Å². The molecule has 7 heteroatoms. The normalized spacial score (nSPS) is 26.1. The lowest BCUT2D eigenvalue weighted by atomic mass is 9.73. The van der Waals surface area contributed by atoms with E-state index >= 15 is 4.39 Å². The Balaban J connectivity index is 1.31. The van der Waals surface area contributed by atoms with Crippen LogP contribution >= 0.6 is 0 Å². The molecule has 2 aromatic rings. The number of hydrogen-bond donors (Lipinski definition) is 0. The van der Waals surface area contributed by atoms with Gasteiger partial charge in [0.15, 0.2) is 0 Å². The first kappa shape index (κ1) is 21.6. The van der Waals surface area contributed by atoms with Crippen molar-refractivity contribution in [3.8, 4) is 0 Å². The van der Waals surface area contributed by atoms with Gasteiger partial charge in [-0.25, -0.2) is 9.18 Å². The number of nitrogens with zero attached hydrogens (tertiary/aromatic N) is 2. The topological polar surface area (TPSA) is 66.9 Å². The molecular formula is C26H27FN2O4. The fourth-order valence-electron chi connectivity index (χ4n) is 5.85. The number of carbonyl (C=O) groups is 3. The van der Waals surface area contributed by atoms with Crippen LogP contribution in [-0.2, 0) is 11.3 Å². The predicted molar refractivity (Wildman–Crippen MR) is 119 cm³/mol. The third kappa shape index (κ3) is 3.59. The second-order valence-electron chi connectivity index (χ2n) is 9.49. The summed E-state index contributed by atoms with van der Waals surface area (Å²) in [7, 11) is 0. The van der Waals surface area contributed by atoms with Crippen LogP contribution < -0.4 is 0 Å². The molecule has 1 aliphatic carbocycles. The zero-order valence-corrected chi connectivity index (χ0v) is 18.6. The Bertz CT molecular complexity index is 1050. The molecule has 172 valence electrons. The van der Waals surface area contributed by atoms with Gasteiger partial charge in [-0.15, -0.1) is 0 Å². The van der Waals surface area contributed by atoms with Crippen LogP contribution in [0.3, 0.4) is 0 Å². The lowest BCUT2D eigenvalue weighted by Gasteiger charge is -2.45. The number of halogens is 1. The van der Waals surface area contributed by atoms with Crippen LogP contribution in [0, 0.1) is 11.3 Å². The highest BCUT2D eigenvalue weighted by molar-refractivity contribution is 6.21. The zero-order valence-electron chi connectivity index (χ0n) is 18.6. The second kappa shape index (κ2) is 8.28. The van der Waals surface area contributed by atoms with E-state index in [4.69, 9.17) is 4.74 Å². The van der Waals surface area contributed by atoms with Gasteiger partial charge in [-0.05, 0) is 48.3 Å². The van der Waals surface area contributed by atoms with Crippen LogP contribution in [0.15, 0.2) is 54.6 Å². The maximum absolute atomic E-state index is 15.5. The summed E-state index contributed by atoms with van der Waals surface area (Å²) in [4.78, 5) is 41.7. The van der Waals surface area contributed by atoms with Crippen LogP contribution in [0.4, 0.5) is 9.18 Å². The number of benzene rings is 2. The zero-order chi connectivity index (χ0) is 23.2. The Morgan fingerprint density at radius 3 is 2.18 bits per heavy atom. The maximum atomic E-state index is 15.5. The first-order valence-corrected chi connectivity index (χ1v) is 11.5. The van der Waals surface area contributed by atoms with Gasteiger partial charge in [-0.1, -0.05) is 49.4 Å². The molecule has 3 aliphatic rings. The minimum atomic E-state index is -1.29. The summed E-state index contributed by atoms with van der Waals surface area (Å²) in [5.74, 6) is -1.10. The summed E-state index contributed by atoms with van der Waals surface area (Å²) in [5.41, 5.74) is 1.05. The summed E-state index contributed by atoms with van der Waals surface area (Å²) in [6, 6.07) is 15.3. The number of rotatable bonds is 3. The highest BCUT2D eigenvalue weighted by atomic mass is 19.1. The molecule has 2 fully saturated rings. The van der Waals surface area contributed by atoms with Gasteiger partial charge in [0.05, 0.1) is 17.2 Å². The summed E-state index contributed by atoms with van der Waals surface area (Å²) in [6.07, 6.45) is -0.0521. The molecule has 0 unspecified atom stereocenters. The van der Waals surface area contributed by atoms with E-state index in [1.54, 1.807) is 29.2 Å². The molecule has 6 nitrogen and oxygen atoms in total. The average Bonchev–Trinajstić information content (AvgIpc) is 3.22. The third-order valence-electron chi connectivity index (χ3n) is 7.53. The monoisotopic (exact) mass is 450 g/mol. The molecule has 0 bridgehead atoms. The Morgan fingerprint density at radius 1 is 1.00 bits per heavy atom. The number of likely N-dealkylation sites (tertiary alicyclic amines) is 1. The number of piperidine rings is 1. The first-order chi connectivity index (χ1) is 15.9. The Kier molecular flexibility index (Phi) is 5.43. The molecule has 0 N–H and O–H groups in total. The summed E-state index contributed by atoms with van der Waals surface area (Å²) < 4.78 is 21.0. The second-order valence-corrected chi connectivity index (χ2v) is 9.49. The largest absolute Gasteiger partial charge is 0.445 e. The SMILES string of the molecule is C[C@@H]1CC2(CCN(C(=O)OCc3ccccc3)CC2)[C@H](N2C(=O)c3ccccc3C2=O)[C@H]1F. The number of alkyl halides is 1. The Hall–Kier alpha value is -3.22. The van der Waals surface area contributed by atoms with E-state index in [-0.39, 0.29) is 12.5 Å². The van der Waals surface area contributed by atoms with Crippen molar-refractivity contribution in [2.45, 2.75) is 45.0 Å². The fourth-order valence-corrected chi connectivity index (χ4v) is 5.85. The van der Waals surface area contributed by atoms with Gasteiger partial charge in [0.2, 0.25) is 0 Å². The minimum Gasteiger partial charge on any atom is -0.445 e. The molecule has 33 heavy (non-hydrogen) atoms. The van der Waals surface area contributed by atoms with Crippen molar-refractivity contribution in [3.63, 3.8) is 0 Å². The molecule has 5 rings (SSSR count). The first-order valence-electron chi connectivity index (χ1n) is 11.5. The van der Waals surface area contributed by atoms with Gasteiger partial charge in [0, 0.05) is 13.1 Å². The Labute approximate surface area is 192 Å². The molecule has 2 aromatic carbocycles. The lowest BCUT2D eigenvalue weighted by molar-refractivity contribution is 0.00765. The molecule has 1 saturated heterocycles. The third-order valence-corrected chi connectivity index (χ3v) is 7.53. The van der Waals surface area contributed by atoms with E-state index in [2.05, 4.69) is 0 Å². The summed E-state index contributed by atoms with van der Waals surface area (Å²) in [6.45, 7) is 2.85. The lowest BCUT2D eigenvalue weighted by Crippen LogP contribution is -2.55. The van der Waals surface area contributed by atoms with Gasteiger partial charge >= 0.3 is 6.09 Å². The van der Waals surface area contributed by atoms with E-state index in [1.807, 2.05) is 37.3 Å². The summed E-state index contributed by atoms with van der Waals surface area (Å²) in [5, 5.41) is 0. The van der Waals surface area contributed by atoms with Crippen molar-refractivity contribution < 1.29 is 23.5 Å². The standard InChI is InChI=1S/C26H27FN2O4/c1-17-15-26(11-13-28(14-12-26)25(32)33-16-18-7-3-2-4-8-18)22(21(17)27)29-23(30)19-9-5-6-10-20(19)24(29)31/h2-10,17,21-22H,11-16H2,1H3/t17-,21+,22-/m1/s1. The fraction of sp³-hybridized carbons (Fsp3) is 0.423. The van der Waals surface area contributed by atoms with Gasteiger partial charge in [0.25, 0.3) is 11.8 Å². The highest BCUT2D eigenvalue weighted by Gasteiger charge is 2.59. The van der Waals surface area contributed by atoms with Crippen LogP contribution in [0.5, 0.6) is 0 Å². The van der Waals surface area contributed by atoms with Gasteiger partial charge in [-0.3, -0.25) is 14.5 Å². The van der Waals surface area contributed by atoms with Crippen LogP contribution in [0.25, 0.3) is 0 Å². The van der Waals surface area contributed by atoms with Crippen molar-refractivity contribution in [3.05, 3.63) is 71.3 Å². The number of ether oxygens (including phenoxy) is 1. The molecule has 1 spiro atoms. The number of hydrogen-bond acceptors (Lipinski definition) is 4. The molecule has 0 radical (unpaired) electrons. The molecule has 0 aromatic heterocycles. The number of fused-ring (bicyclic) bond motifs is 1. The van der Waals surface area contributed by atoms with Crippen LogP contribution in [0.1, 0.15) is 52.5 Å². The molecule has 2 aliphatic heterocycles. The molecule has 1 saturated carbocycles. The van der Waals surface area contributed by atoms with Crippen molar-refractivity contribution in [1.29, 1.82) is 0 Å². The van der Waals surface area contributed by atoms with E-state index < -0.39 is 35.5 Å². The number of imide groups is 1. The number of carbonyl (C=O) groups excluding carboxylic acids is 3. The molecule has 2 heterocycles. The summed E-state index contributed by atoms with van der Waals surface area (Å²) >= 11 is 0. The van der Waals surface area contributed by atoms with E-state index in [0.29, 0.717) is 43.5 Å². The predicted octanol–water partition coefficient (Wildman–Crippen LogP) is 4.45. The van der Waals surface area contributed by atoms with Crippen molar-refractivity contribution in [2.75, 3.05) is 13.1 Å². The van der Waals surface area contributed by atoms with Crippen molar-refractivity contribution >= 4 is 17.9 Å². The highest BCUT2D eigenvalue weighted by Crippen LogP contribution is 2.53. The van der Waals surface area contributed by atoms with E-state index in [0.717, 1.165) is 5.56 Å². The molecular weight excluding hydrogens is 423 g/mol. The smallest absolute Gasteiger partial charge is 0.410 e. The van der Waals surface area contributed by atoms with Gasteiger partial charge in [-0.2, -0.15) is 0 Å². The Morgan fingerprint density at radius 2 is 1.58 bits per heavy atom. The minimum absolute atomic E-state index is 0.197. The van der Waals surface area contributed by atoms with E-state index in [9.17, 15) is 14.4 Å². The molecule has 3 amide bonds. The average molecular weight is 451 g/mol. The van der Waals surface area contributed by atoms with Crippen molar-refractivity contribution in [1.82, 2.24) is 9.80 Å². The van der Waals surface area contributed by atoms with Crippen LogP contribution in [-0.4, -0.2) is 53.0 Å². The van der Waals surface area contributed by atoms with Crippen LogP contribution in [0.2, 0.25) is 0 Å². The van der Waals surface area contributed by atoms with Gasteiger partial charge in [0.1, 0.15) is 12.8 Å². The quantitative estimate of drug-likeness (QED) is 0.648. The van der Waals surface area contributed by atoms with Crippen molar-refractivity contribution in [2.24, 2.45) is 11.3 Å². The number of amides is 3. The molecule has 3 atom stereocenters. The van der Waals surface area contributed by atoms with E-state index in [1.165, 1.54) is 4.90 Å². The maximum Gasteiger partial charge on any atom is 0.410 e.